The lowest BCUT2D eigenvalue weighted by molar-refractivity contribution is -0.149. The van der Waals surface area contributed by atoms with Crippen LogP contribution in [0.3, 0.4) is 0 Å². The first kappa shape index (κ1) is 17.0. The molecule has 0 saturated carbocycles. The van der Waals surface area contributed by atoms with Crippen molar-refractivity contribution in [3.8, 4) is 0 Å². The predicted octanol–water partition coefficient (Wildman–Crippen LogP) is 1.42. The molecule has 1 aliphatic rings. The molecule has 0 aliphatic carbocycles. The Bertz CT molecular complexity index is 326. The first-order chi connectivity index (χ1) is 9.26. The van der Waals surface area contributed by atoms with Crippen LogP contribution in [-0.4, -0.2) is 49.6 Å². The number of hydrogen-bond donors (Lipinski definition) is 1. The van der Waals surface area contributed by atoms with Gasteiger partial charge in [0.15, 0.2) is 0 Å². The van der Waals surface area contributed by atoms with E-state index in [2.05, 4.69) is 26.1 Å². The summed E-state index contributed by atoms with van der Waals surface area (Å²) in [6.07, 6.45) is 1.20. The van der Waals surface area contributed by atoms with Gasteiger partial charge in [0.1, 0.15) is 0 Å². The van der Waals surface area contributed by atoms with Crippen molar-refractivity contribution in [2.24, 2.45) is 11.3 Å². The normalized spacial score (nSPS) is 23.6. The van der Waals surface area contributed by atoms with E-state index < -0.39 is 0 Å². The van der Waals surface area contributed by atoms with E-state index in [0.717, 1.165) is 13.0 Å². The summed E-state index contributed by atoms with van der Waals surface area (Å²) in [6, 6.07) is 0.155. The third-order valence-electron chi connectivity index (χ3n) is 3.56. The van der Waals surface area contributed by atoms with Crippen molar-refractivity contribution >= 4 is 11.9 Å². The van der Waals surface area contributed by atoms with Gasteiger partial charge in [-0.25, -0.2) is 0 Å². The van der Waals surface area contributed by atoms with Crippen LogP contribution in [0.15, 0.2) is 0 Å². The van der Waals surface area contributed by atoms with Crippen LogP contribution < -0.4 is 5.32 Å². The van der Waals surface area contributed by atoms with Crippen LogP contribution >= 0.6 is 0 Å². The monoisotopic (exact) mass is 284 g/mol. The maximum Gasteiger partial charge on any atom is 0.310 e. The van der Waals surface area contributed by atoms with Crippen molar-refractivity contribution in [3.63, 3.8) is 0 Å². The molecule has 0 bridgehead atoms. The number of nitrogens with zero attached hydrogens (tertiary/aromatic N) is 1. The minimum absolute atomic E-state index is 0.0983. The Morgan fingerprint density at radius 2 is 1.95 bits per heavy atom. The molecule has 0 aromatic carbocycles. The van der Waals surface area contributed by atoms with Crippen LogP contribution in [-0.2, 0) is 14.3 Å². The van der Waals surface area contributed by atoms with Crippen LogP contribution in [0.25, 0.3) is 0 Å². The Labute approximate surface area is 122 Å². The number of piperidine rings is 1. The third kappa shape index (κ3) is 5.12. The minimum atomic E-state index is -0.221. The molecule has 1 rings (SSSR count). The van der Waals surface area contributed by atoms with Gasteiger partial charge in [-0.05, 0) is 11.8 Å². The van der Waals surface area contributed by atoms with E-state index in [0.29, 0.717) is 19.5 Å². The molecule has 1 amide bonds. The molecule has 2 unspecified atom stereocenters. The zero-order valence-corrected chi connectivity index (χ0v) is 13.4. The Kier molecular flexibility index (Phi) is 5.99. The highest BCUT2D eigenvalue weighted by Crippen LogP contribution is 2.20. The van der Waals surface area contributed by atoms with E-state index in [1.807, 2.05) is 6.92 Å². The average Bonchev–Trinajstić information content (AvgIpc) is 2.42. The average molecular weight is 284 g/mol. The minimum Gasteiger partial charge on any atom is -0.469 e. The fourth-order valence-corrected chi connectivity index (χ4v) is 2.46. The highest BCUT2D eigenvalue weighted by Gasteiger charge is 2.34. The first-order valence-corrected chi connectivity index (χ1v) is 7.35. The van der Waals surface area contributed by atoms with Crippen LogP contribution in [0.2, 0.25) is 0 Å². The molecule has 1 heterocycles. The molecular formula is C15H28N2O3. The summed E-state index contributed by atoms with van der Waals surface area (Å²) in [4.78, 5) is 25.5. The second-order valence-corrected chi connectivity index (χ2v) is 6.75. The van der Waals surface area contributed by atoms with Crippen molar-refractivity contribution in [1.29, 1.82) is 0 Å². The second-order valence-electron chi connectivity index (χ2n) is 6.75. The van der Waals surface area contributed by atoms with Gasteiger partial charge >= 0.3 is 5.97 Å². The van der Waals surface area contributed by atoms with Crippen LogP contribution in [0.5, 0.6) is 0 Å². The summed E-state index contributed by atoms with van der Waals surface area (Å²) in [5, 5.41) is 3.48. The molecule has 0 aromatic heterocycles. The highest BCUT2D eigenvalue weighted by atomic mass is 16.5. The van der Waals surface area contributed by atoms with Crippen molar-refractivity contribution in [1.82, 2.24) is 10.2 Å². The predicted molar refractivity (Wildman–Crippen MR) is 78.2 cm³/mol. The number of hydrogen-bond acceptors (Lipinski definition) is 4. The summed E-state index contributed by atoms with van der Waals surface area (Å²) in [5.74, 6) is -0.343. The molecule has 0 aromatic rings. The van der Waals surface area contributed by atoms with Gasteiger partial charge < -0.3 is 15.0 Å². The summed E-state index contributed by atoms with van der Waals surface area (Å²) in [7, 11) is 1.40. The number of rotatable bonds is 4. The number of esters is 1. The standard InChI is InChI=1S/C15H28N2O3/c1-6-13(18)17-8-11(14(19)20-5)7-12(9-17)16-10-15(2,3)4/h11-12,16H,6-10H2,1-5H3. The number of carbonyl (C=O) groups is 2. The number of methoxy groups -OCH3 is 1. The topological polar surface area (TPSA) is 58.6 Å². The van der Waals surface area contributed by atoms with E-state index in [9.17, 15) is 9.59 Å². The van der Waals surface area contributed by atoms with E-state index in [4.69, 9.17) is 4.74 Å². The van der Waals surface area contributed by atoms with E-state index in [1.54, 1.807) is 4.90 Å². The summed E-state index contributed by atoms with van der Waals surface area (Å²) >= 11 is 0. The van der Waals surface area contributed by atoms with Crippen LogP contribution in [0.4, 0.5) is 0 Å². The van der Waals surface area contributed by atoms with E-state index in [-0.39, 0.29) is 29.3 Å². The van der Waals surface area contributed by atoms with Crippen molar-refractivity contribution in [3.05, 3.63) is 0 Å². The van der Waals surface area contributed by atoms with Crippen LogP contribution in [0.1, 0.15) is 40.5 Å². The quantitative estimate of drug-likeness (QED) is 0.793. The summed E-state index contributed by atoms with van der Waals surface area (Å²) in [6.45, 7) is 10.4. The molecule has 1 N–H and O–H groups in total. The molecule has 0 spiro atoms. The lowest BCUT2D eigenvalue weighted by atomic mass is 9.91. The molecule has 1 fully saturated rings. The highest BCUT2D eigenvalue weighted by molar-refractivity contribution is 5.78. The zero-order chi connectivity index (χ0) is 15.3. The van der Waals surface area contributed by atoms with Gasteiger partial charge in [0.2, 0.25) is 5.91 Å². The number of amides is 1. The largest absolute Gasteiger partial charge is 0.469 e. The fourth-order valence-electron chi connectivity index (χ4n) is 2.46. The molecule has 1 aliphatic heterocycles. The Hall–Kier alpha value is -1.10. The molecule has 0 radical (unpaired) electrons. The number of carbonyl (C=O) groups excluding carboxylic acids is 2. The van der Waals surface area contributed by atoms with Gasteiger partial charge in [-0.1, -0.05) is 27.7 Å². The molecule has 116 valence electrons. The van der Waals surface area contributed by atoms with Crippen molar-refractivity contribution in [2.75, 3.05) is 26.7 Å². The number of ether oxygens (including phenoxy) is 1. The third-order valence-corrected chi connectivity index (χ3v) is 3.56. The maximum atomic E-state index is 11.9. The molecular weight excluding hydrogens is 256 g/mol. The van der Waals surface area contributed by atoms with Gasteiger partial charge in [0, 0.05) is 32.1 Å². The smallest absolute Gasteiger partial charge is 0.310 e. The molecule has 5 nitrogen and oxygen atoms in total. The molecule has 1 saturated heterocycles. The van der Waals surface area contributed by atoms with Gasteiger partial charge in [0.05, 0.1) is 13.0 Å². The molecule has 20 heavy (non-hydrogen) atoms. The number of likely N-dealkylation sites (tertiary alicyclic amines) is 1. The van der Waals surface area contributed by atoms with Gasteiger partial charge in [-0.3, -0.25) is 9.59 Å². The molecule has 5 heteroatoms. The number of nitrogens with one attached hydrogen (secondary N) is 1. The molecule has 2 atom stereocenters. The van der Waals surface area contributed by atoms with Crippen LogP contribution in [0, 0.1) is 11.3 Å². The Balaban J connectivity index is 2.69. The Morgan fingerprint density at radius 3 is 2.45 bits per heavy atom. The fraction of sp³-hybridized carbons (Fsp3) is 0.867. The first-order valence-electron chi connectivity index (χ1n) is 7.35. The maximum absolute atomic E-state index is 11.9. The van der Waals surface area contributed by atoms with Gasteiger partial charge in [-0.15, -0.1) is 0 Å². The lowest BCUT2D eigenvalue weighted by Gasteiger charge is -2.38. The summed E-state index contributed by atoms with van der Waals surface area (Å²) in [5.41, 5.74) is 0.178. The van der Waals surface area contributed by atoms with E-state index in [1.165, 1.54) is 7.11 Å². The second kappa shape index (κ2) is 7.07. The van der Waals surface area contributed by atoms with E-state index >= 15 is 0 Å². The van der Waals surface area contributed by atoms with Crippen molar-refractivity contribution < 1.29 is 14.3 Å². The summed E-state index contributed by atoms with van der Waals surface area (Å²) < 4.78 is 4.84. The SMILES string of the molecule is CCC(=O)N1CC(NCC(C)(C)C)CC(C(=O)OC)C1. The Morgan fingerprint density at radius 1 is 1.30 bits per heavy atom. The van der Waals surface area contributed by atoms with Crippen molar-refractivity contribution in [2.45, 2.75) is 46.6 Å². The zero-order valence-electron chi connectivity index (χ0n) is 13.4. The van der Waals surface area contributed by atoms with Gasteiger partial charge in [-0.2, -0.15) is 0 Å². The lowest BCUT2D eigenvalue weighted by Crippen LogP contribution is -2.53. The van der Waals surface area contributed by atoms with Gasteiger partial charge in [0.25, 0.3) is 0 Å².